The lowest BCUT2D eigenvalue weighted by molar-refractivity contribution is 0.262. The van der Waals surface area contributed by atoms with Gasteiger partial charge in [0.25, 0.3) is 0 Å². The molecule has 1 heterocycles. The van der Waals surface area contributed by atoms with E-state index in [0.29, 0.717) is 0 Å². The highest BCUT2D eigenvalue weighted by atomic mass is 15.2. The maximum absolute atomic E-state index is 2.69. The molecule has 0 aliphatic carbocycles. The second-order valence-corrected chi connectivity index (χ2v) is 6.21. The summed E-state index contributed by atoms with van der Waals surface area (Å²) in [6, 6.07) is 0.864. The summed E-state index contributed by atoms with van der Waals surface area (Å²) in [5, 5.41) is 0. The predicted molar refractivity (Wildman–Crippen MR) is 82.1 cm³/mol. The van der Waals surface area contributed by atoms with Crippen LogP contribution in [0.25, 0.3) is 0 Å². The van der Waals surface area contributed by atoms with E-state index in [-0.39, 0.29) is 0 Å². The van der Waals surface area contributed by atoms with Gasteiger partial charge in [0, 0.05) is 6.04 Å². The van der Waals surface area contributed by atoms with Crippen molar-refractivity contribution >= 4 is 0 Å². The topological polar surface area (TPSA) is 3.24 Å². The van der Waals surface area contributed by atoms with Crippen LogP contribution in [0.3, 0.4) is 0 Å². The molecule has 108 valence electrons. The number of unbranched alkanes of at least 4 members (excludes halogenated alkanes) is 9. The zero-order chi connectivity index (χ0) is 13.1. The van der Waals surface area contributed by atoms with Gasteiger partial charge in [0.05, 0.1) is 0 Å². The summed E-state index contributed by atoms with van der Waals surface area (Å²) in [4.78, 5) is 2.69. The van der Waals surface area contributed by atoms with Crippen LogP contribution in [0, 0.1) is 0 Å². The largest absolute Gasteiger partial charge is 0.301 e. The Morgan fingerprint density at radius 2 is 1.39 bits per heavy atom. The van der Waals surface area contributed by atoms with Crippen molar-refractivity contribution in [2.75, 3.05) is 13.1 Å². The minimum Gasteiger partial charge on any atom is -0.301 e. The Morgan fingerprint density at radius 3 is 1.89 bits per heavy atom. The molecule has 0 spiro atoms. The molecule has 1 heteroatoms. The van der Waals surface area contributed by atoms with Crippen molar-refractivity contribution in [1.29, 1.82) is 0 Å². The molecular formula is C17H35N. The van der Waals surface area contributed by atoms with Crippen molar-refractivity contribution in [1.82, 2.24) is 4.90 Å². The summed E-state index contributed by atoms with van der Waals surface area (Å²) in [6.45, 7) is 7.40. The molecule has 0 aromatic rings. The zero-order valence-electron chi connectivity index (χ0n) is 12.9. The van der Waals surface area contributed by atoms with E-state index in [1.807, 2.05) is 0 Å². The average molecular weight is 253 g/mol. The Morgan fingerprint density at radius 1 is 0.833 bits per heavy atom. The van der Waals surface area contributed by atoms with E-state index in [4.69, 9.17) is 0 Å². The van der Waals surface area contributed by atoms with Gasteiger partial charge < -0.3 is 4.90 Å². The Balaban J connectivity index is 1.76. The van der Waals surface area contributed by atoms with Crippen LogP contribution in [0.4, 0.5) is 0 Å². The van der Waals surface area contributed by atoms with Gasteiger partial charge in [0.2, 0.25) is 0 Å². The molecule has 0 aromatic heterocycles. The predicted octanol–water partition coefficient (Wildman–Crippen LogP) is 5.39. The summed E-state index contributed by atoms with van der Waals surface area (Å²) in [5.41, 5.74) is 0. The van der Waals surface area contributed by atoms with Gasteiger partial charge in [-0.2, -0.15) is 0 Å². The van der Waals surface area contributed by atoms with Gasteiger partial charge >= 0.3 is 0 Å². The van der Waals surface area contributed by atoms with E-state index in [2.05, 4.69) is 18.7 Å². The Labute approximate surface area is 115 Å². The fraction of sp³-hybridized carbons (Fsp3) is 1.00. The third-order valence-corrected chi connectivity index (χ3v) is 4.49. The molecule has 0 amide bonds. The lowest BCUT2D eigenvalue weighted by Crippen LogP contribution is -2.27. The van der Waals surface area contributed by atoms with Crippen LogP contribution in [0.2, 0.25) is 0 Å². The summed E-state index contributed by atoms with van der Waals surface area (Å²) >= 11 is 0. The van der Waals surface area contributed by atoms with Gasteiger partial charge in [0.15, 0.2) is 0 Å². The monoisotopic (exact) mass is 253 g/mol. The lowest BCUT2D eigenvalue weighted by Gasteiger charge is -2.20. The van der Waals surface area contributed by atoms with Gasteiger partial charge in [-0.15, -0.1) is 0 Å². The minimum atomic E-state index is 0.864. The highest BCUT2D eigenvalue weighted by Gasteiger charge is 2.18. The molecule has 0 N–H and O–H groups in total. The van der Waals surface area contributed by atoms with E-state index in [1.165, 1.54) is 90.1 Å². The van der Waals surface area contributed by atoms with Crippen LogP contribution < -0.4 is 0 Å². The molecule has 1 rings (SSSR count). The van der Waals surface area contributed by atoms with Gasteiger partial charge in [0.1, 0.15) is 0 Å². The first-order chi connectivity index (χ1) is 8.84. The fourth-order valence-corrected chi connectivity index (χ4v) is 3.13. The first-order valence-electron chi connectivity index (χ1n) is 8.58. The van der Waals surface area contributed by atoms with Gasteiger partial charge in [-0.25, -0.2) is 0 Å². The maximum atomic E-state index is 2.69. The molecule has 1 saturated heterocycles. The van der Waals surface area contributed by atoms with Crippen LogP contribution in [0.5, 0.6) is 0 Å². The van der Waals surface area contributed by atoms with Crippen molar-refractivity contribution < 1.29 is 0 Å². The number of rotatable bonds is 11. The SMILES string of the molecule is CCCCCCCCCCCCN1CCCC1C. The minimum absolute atomic E-state index is 0.864. The second kappa shape index (κ2) is 10.8. The number of nitrogens with zero attached hydrogens (tertiary/aromatic N) is 1. The molecular weight excluding hydrogens is 218 g/mol. The van der Waals surface area contributed by atoms with Crippen LogP contribution in [0.15, 0.2) is 0 Å². The molecule has 18 heavy (non-hydrogen) atoms. The Bertz CT molecular complexity index is 178. The highest BCUT2D eigenvalue weighted by Crippen LogP contribution is 2.17. The first-order valence-corrected chi connectivity index (χ1v) is 8.58. The van der Waals surface area contributed by atoms with Crippen molar-refractivity contribution in [2.45, 2.75) is 96.9 Å². The van der Waals surface area contributed by atoms with Crippen LogP contribution in [-0.2, 0) is 0 Å². The number of likely N-dealkylation sites (tertiary alicyclic amines) is 1. The van der Waals surface area contributed by atoms with Gasteiger partial charge in [-0.3, -0.25) is 0 Å². The van der Waals surface area contributed by atoms with E-state index in [1.54, 1.807) is 0 Å². The van der Waals surface area contributed by atoms with E-state index >= 15 is 0 Å². The summed E-state index contributed by atoms with van der Waals surface area (Å²) in [7, 11) is 0. The van der Waals surface area contributed by atoms with E-state index in [0.717, 1.165) is 6.04 Å². The third kappa shape index (κ3) is 7.41. The summed E-state index contributed by atoms with van der Waals surface area (Å²) in [5.74, 6) is 0. The second-order valence-electron chi connectivity index (χ2n) is 6.21. The first kappa shape index (κ1) is 16.0. The molecule has 1 aliphatic rings. The molecule has 0 bridgehead atoms. The van der Waals surface area contributed by atoms with Crippen LogP contribution in [0.1, 0.15) is 90.9 Å². The molecule has 0 saturated carbocycles. The fourth-order valence-electron chi connectivity index (χ4n) is 3.13. The van der Waals surface area contributed by atoms with E-state index < -0.39 is 0 Å². The molecule has 1 unspecified atom stereocenters. The molecule has 0 radical (unpaired) electrons. The molecule has 1 atom stereocenters. The lowest BCUT2D eigenvalue weighted by atomic mass is 10.1. The van der Waals surface area contributed by atoms with Crippen LogP contribution in [-0.4, -0.2) is 24.0 Å². The van der Waals surface area contributed by atoms with Crippen molar-refractivity contribution in [3.05, 3.63) is 0 Å². The summed E-state index contributed by atoms with van der Waals surface area (Å²) < 4.78 is 0. The third-order valence-electron chi connectivity index (χ3n) is 4.49. The number of hydrogen-bond acceptors (Lipinski definition) is 1. The van der Waals surface area contributed by atoms with Crippen molar-refractivity contribution in [2.24, 2.45) is 0 Å². The van der Waals surface area contributed by atoms with E-state index in [9.17, 15) is 0 Å². The Hall–Kier alpha value is -0.0400. The molecule has 1 aliphatic heterocycles. The normalized spacial score (nSPS) is 20.7. The van der Waals surface area contributed by atoms with Crippen LogP contribution >= 0.6 is 0 Å². The molecule has 0 aromatic carbocycles. The smallest absolute Gasteiger partial charge is 0.00674 e. The Kier molecular flexibility index (Phi) is 9.65. The quantitative estimate of drug-likeness (QED) is 0.446. The standard InChI is InChI=1S/C17H35N/c1-3-4-5-6-7-8-9-10-11-12-15-18-16-13-14-17(18)2/h17H,3-16H2,1-2H3. The highest BCUT2D eigenvalue weighted by molar-refractivity contribution is 4.74. The summed E-state index contributed by atoms with van der Waals surface area (Å²) in [6.07, 6.45) is 17.4. The van der Waals surface area contributed by atoms with Crippen molar-refractivity contribution in [3.63, 3.8) is 0 Å². The van der Waals surface area contributed by atoms with Gasteiger partial charge in [-0.05, 0) is 39.3 Å². The zero-order valence-corrected chi connectivity index (χ0v) is 12.9. The average Bonchev–Trinajstić information content (AvgIpc) is 2.77. The number of hydrogen-bond donors (Lipinski definition) is 0. The maximum Gasteiger partial charge on any atom is 0.00674 e. The van der Waals surface area contributed by atoms with Crippen molar-refractivity contribution in [3.8, 4) is 0 Å². The van der Waals surface area contributed by atoms with Gasteiger partial charge in [-0.1, -0.05) is 64.7 Å². The molecule has 1 fully saturated rings. The molecule has 1 nitrogen and oxygen atoms in total.